The Kier molecular flexibility index (Phi) is 4.53. The molecule has 1 saturated heterocycles. The predicted octanol–water partition coefficient (Wildman–Crippen LogP) is 3.79. The molecule has 0 bridgehead atoms. The number of carboxylic acid groups (broad SMARTS) is 1. The number of hydrogen-bond acceptors (Lipinski definition) is 3. The average Bonchev–Trinajstić information content (AvgIpc) is 2.93. The highest BCUT2D eigenvalue weighted by Gasteiger charge is 2.45. The van der Waals surface area contributed by atoms with Crippen molar-refractivity contribution in [2.75, 3.05) is 13.1 Å². The highest BCUT2D eigenvalue weighted by Crippen LogP contribution is 2.28. The number of nitrogens with zero attached hydrogens (tertiary/aromatic N) is 1. The van der Waals surface area contributed by atoms with Crippen molar-refractivity contribution >= 4 is 5.97 Å². The first-order valence-corrected chi connectivity index (χ1v) is 7.93. The number of halogens is 1. The molecule has 2 aromatic rings. The Hall–Kier alpha value is -2.40. The van der Waals surface area contributed by atoms with E-state index in [1.165, 1.54) is 5.56 Å². The van der Waals surface area contributed by atoms with Crippen LogP contribution in [0.4, 0.5) is 4.39 Å². The molecule has 2 aromatic carbocycles. The van der Waals surface area contributed by atoms with E-state index in [9.17, 15) is 9.18 Å². The second-order valence-electron chi connectivity index (χ2n) is 6.29. The van der Waals surface area contributed by atoms with Crippen molar-refractivity contribution in [1.29, 1.82) is 0 Å². The molecular formula is C19H20FNO3. The van der Waals surface area contributed by atoms with Crippen LogP contribution >= 0.6 is 0 Å². The Morgan fingerprint density at radius 3 is 2.67 bits per heavy atom. The molecule has 1 aliphatic rings. The van der Waals surface area contributed by atoms with Crippen molar-refractivity contribution in [1.82, 2.24) is 4.90 Å². The van der Waals surface area contributed by atoms with Gasteiger partial charge in [-0.05, 0) is 36.8 Å². The van der Waals surface area contributed by atoms with Crippen LogP contribution in [0, 0.1) is 6.92 Å². The normalized spacial score (nSPS) is 20.9. The molecule has 1 atom stereocenters. The van der Waals surface area contributed by atoms with Gasteiger partial charge >= 0.3 is 5.97 Å². The van der Waals surface area contributed by atoms with Crippen LogP contribution in [-0.2, 0) is 11.3 Å². The summed E-state index contributed by atoms with van der Waals surface area (Å²) in [6, 6.07) is 15.4. The molecule has 126 valence electrons. The molecule has 1 N–H and O–H groups in total. The van der Waals surface area contributed by atoms with Gasteiger partial charge < -0.3 is 9.84 Å². The maximum atomic E-state index is 14.1. The molecule has 1 aliphatic heterocycles. The lowest BCUT2D eigenvalue weighted by atomic mass is 10.1. The van der Waals surface area contributed by atoms with E-state index in [0.29, 0.717) is 18.8 Å². The third kappa shape index (κ3) is 3.74. The quantitative estimate of drug-likeness (QED) is 0.907. The highest BCUT2D eigenvalue weighted by atomic mass is 19.1. The molecule has 0 spiro atoms. The third-order valence-corrected chi connectivity index (χ3v) is 4.24. The summed E-state index contributed by atoms with van der Waals surface area (Å²) in [7, 11) is 0. The van der Waals surface area contributed by atoms with Crippen LogP contribution in [0.2, 0.25) is 0 Å². The second kappa shape index (κ2) is 6.61. The number of carbonyl (C=O) groups is 1. The van der Waals surface area contributed by atoms with E-state index in [0.717, 1.165) is 11.3 Å². The van der Waals surface area contributed by atoms with Gasteiger partial charge in [0.25, 0.3) is 0 Å². The Balaban J connectivity index is 1.65. The van der Waals surface area contributed by atoms with Gasteiger partial charge in [-0.15, -0.1) is 0 Å². The summed E-state index contributed by atoms with van der Waals surface area (Å²) in [5.41, 5.74) is 0.00300. The summed E-state index contributed by atoms with van der Waals surface area (Å²) in [5, 5.41) is 8.96. The van der Waals surface area contributed by atoms with Crippen molar-refractivity contribution in [2.45, 2.75) is 25.6 Å². The van der Waals surface area contributed by atoms with Gasteiger partial charge in [0.2, 0.25) is 5.67 Å². The minimum Gasteiger partial charge on any atom is -0.479 e. The van der Waals surface area contributed by atoms with Crippen LogP contribution in [0.1, 0.15) is 17.5 Å². The van der Waals surface area contributed by atoms with Crippen LogP contribution in [-0.4, -0.2) is 34.7 Å². The first-order valence-electron chi connectivity index (χ1n) is 7.93. The lowest BCUT2D eigenvalue weighted by Gasteiger charge is -2.17. The average molecular weight is 329 g/mol. The molecular weight excluding hydrogens is 309 g/mol. The Bertz CT molecular complexity index is 732. The minimum atomic E-state index is -2.13. The van der Waals surface area contributed by atoms with E-state index >= 15 is 0 Å². The summed E-state index contributed by atoms with van der Waals surface area (Å²) in [6.07, 6.45) is 0.0297. The standard InChI is InChI=1S/C19H20FNO3/c1-14-5-7-16(8-6-14)24-17-4-2-3-15(11-17)12-21-10-9-19(20,13-21)18(22)23/h2-8,11H,9-10,12-13H2,1H3,(H,22,23). The van der Waals surface area contributed by atoms with Gasteiger partial charge in [0.05, 0.1) is 0 Å². The lowest BCUT2D eigenvalue weighted by molar-refractivity contribution is -0.149. The van der Waals surface area contributed by atoms with Gasteiger partial charge in [-0.2, -0.15) is 0 Å². The topological polar surface area (TPSA) is 49.8 Å². The van der Waals surface area contributed by atoms with Gasteiger partial charge in [0.1, 0.15) is 11.5 Å². The number of aryl methyl sites for hydroxylation is 1. The number of ether oxygens (including phenoxy) is 1. The zero-order chi connectivity index (χ0) is 17.2. The maximum Gasteiger partial charge on any atom is 0.342 e. The van der Waals surface area contributed by atoms with Gasteiger partial charge in [0.15, 0.2) is 0 Å². The maximum absolute atomic E-state index is 14.1. The Morgan fingerprint density at radius 2 is 2.00 bits per heavy atom. The number of likely N-dealkylation sites (tertiary alicyclic amines) is 1. The van der Waals surface area contributed by atoms with E-state index < -0.39 is 11.6 Å². The molecule has 1 fully saturated rings. The fraction of sp³-hybridized carbons (Fsp3) is 0.316. The molecule has 0 radical (unpaired) electrons. The molecule has 4 nitrogen and oxygen atoms in total. The molecule has 1 unspecified atom stereocenters. The van der Waals surface area contributed by atoms with Crippen LogP contribution in [0.25, 0.3) is 0 Å². The van der Waals surface area contributed by atoms with Crippen molar-refractivity contribution in [2.24, 2.45) is 0 Å². The van der Waals surface area contributed by atoms with Crippen molar-refractivity contribution in [3.05, 3.63) is 59.7 Å². The summed E-state index contributed by atoms with van der Waals surface area (Å²) < 4.78 is 20.0. The molecule has 1 heterocycles. The Labute approximate surface area is 140 Å². The number of rotatable bonds is 5. The van der Waals surface area contributed by atoms with Crippen molar-refractivity contribution in [3.8, 4) is 11.5 Å². The van der Waals surface area contributed by atoms with Gasteiger partial charge in [-0.3, -0.25) is 4.90 Å². The fourth-order valence-corrected chi connectivity index (χ4v) is 2.87. The largest absolute Gasteiger partial charge is 0.479 e. The van der Waals surface area contributed by atoms with Gasteiger partial charge in [0, 0.05) is 26.1 Å². The zero-order valence-electron chi connectivity index (χ0n) is 13.5. The summed E-state index contributed by atoms with van der Waals surface area (Å²) >= 11 is 0. The van der Waals surface area contributed by atoms with Crippen molar-refractivity contribution in [3.63, 3.8) is 0 Å². The molecule has 3 rings (SSSR count). The summed E-state index contributed by atoms with van der Waals surface area (Å²) in [4.78, 5) is 12.8. The molecule has 0 aromatic heterocycles. The SMILES string of the molecule is Cc1ccc(Oc2cccc(CN3CCC(F)(C(=O)O)C3)c2)cc1. The minimum absolute atomic E-state index is 0.0297. The number of carboxylic acids is 1. The number of aliphatic carboxylic acids is 1. The number of alkyl halides is 1. The van der Waals surface area contributed by atoms with Crippen LogP contribution in [0.15, 0.2) is 48.5 Å². The molecule has 5 heteroatoms. The van der Waals surface area contributed by atoms with Crippen LogP contribution < -0.4 is 4.74 Å². The third-order valence-electron chi connectivity index (χ3n) is 4.24. The van der Waals surface area contributed by atoms with E-state index in [2.05, 4.69) is 0 Å². The van der Waals surface area contributed by atoms with Crippen LogP contribution in [0.3, 0.4) is 0 Å². The smallest absolute Gasteiger partial charge is 0.342 e. The van der Waals surface area contributed by atoms with E-state index in [1.807, 2.05) is 60.4 Å². The molecule has 0 aliphatic carbocycles. The molecule has 0 amide bonds. The first-order chi connectivity index (χ1) is 11.4. The fourth-order valence-electron chi connectivity index (χ4n) is 2.87. The lowest BCUT2D eigenvalue weighted by Crippen LogP contribution is -2.36. The molecule has 24 heavy (non-hydrogen) atoms. The zero-order valence-corrected chi connectivity index (χ0v) is 13.5. The van der Waals surface area contributed by atoms with Gasteiger partial charge in [-0.1, -0.05) is 29.8 Å². The highest BCUT2D eigenvalue weighted by molar-refractivity contribution is 5.78. The van der Waals surface area contributed by atoms with Gasteiger partial charge in [-0.25, -0.2) is 9.18 Å². The van der Waals surface area contributed by atoms with E-state index in [1.54, 1.807) is 0 Å². The summed E-state index contributed by atoms with van der Waals surface area (Å²) in [6.45, 7) is 2.88. The monoisotopic (exact) mass is 329 g/mol. The Morgan fingerprint density at radius 1 is 1.25 bits per heavy atom. The predicted molar refractivity (Wildman–Crippen MR) is 89.1 cm³/mol. The number of hydrogen-bond donors (Lipinski definition) is 1. The molecule has 0 saturated carbocycles. The van der Waals surface area contributed by atoms with E-state index in [4.69, 9.17) is 9.84 Å². The first kappa shape index (κ1) is 16.5. The van der Waals surface area contributed by atoms with E-state index in [-0.39, 0.29) is 13.0 Å². The van der Waals surface area contributed by atoms with Crippen molar-refractivity contribution < 1.29 is 19.0 Å². The second-order valence-corrected chi connectivity index (χ2v) is 6.29. The summed E-state index contributed by atoms with van der Waals surface area (Å²) in [5.74, 6) is 0.0920. The van der Waals surface area contributed by atoms with Crippen LogP contribution in [0.5, 0.6) is 11.5 Å². The number of benzene rings is 2.